The maximum atomic E-state index is 4.72. The lowest BCUT2D eigenvalue weighted by Crippen LogP contribution is -2.47. The van der Waals surface area contributed by atoms with Gasteiger partial charge in [-0.2, -0.15) is 4.37 Å². The topological polar surface area (TPSA) is 58.0 Å². The maximum Gasteiger partial charge on any atom is 0.205 e. The summed E-state index contributed by atoms with van der Waals surface area (Å²) in [5.74, 6) is 3.62. The average molecular weight is 330 g/mol. The Morgan fingerprint density at radius 2 is 1.83 bits per heavy atom. The van der Waals surface area contributed by atoms with Crippen molar-refractivity contribution in [2.75, 3.05) is 36.0 Å². The molecule has 0 atom stereocenters. The molecule has 6 nitrogen and oxygen atoms in total. The van der Waals surface area contributed by atoms with E-state index in [9.17, 15) is 0 Å². The van der Waals surface area contributed by atoms with Crippen LogP contribution < -0.4 is 9.80 Å². The Morgan fingerprint density at radius 1 is 1.09 bits per heavy atom. The number of anilines is 2. The van der Waals surface area contributed by atoms with Gasteiger partial charge in [0.25, 0.3) is 0 Å². The fraction of sp³-hybridized carbons (Fsp3) is 0.625. The van der Waals surface area contributed by atoms with E-state index in [-0.39, 0.29) is 0 Å². The largest absolute Gasteiger partial charge is 0.353 e. The van der Waals surface area contributed by atoms with Crippen LogP contribution >= 0.6 is 11.5 Å². The maximum absolute atomic E-state index is 4.72. The van der Waals surface area contributed by atoms with Crippen LogP contribution in [0.25, 0.3) is 0 Å². The Hall–Kier alpha value is -1.76. The molecule has 0 aromatic carbocycles. The number of hydrogen-bond donors (Lipinski definition) is 0. The van der Waals surface area contributed by atoms with Crippen molar-refractivity contribution in [3.05, 3.63) is 23.4 Å². The summed E-state index contributed by atoms with van der Waals surface area (Å²) < 4.78 is 4.52. The van der Waals surface area contributed by atoms with Crippen LogP contribution in [0.3, 0.4) is 0 Å². The summed E-state index contributed by atoms with van der Waals surface area (Å²) in [6.45, 7) is 8.00. The minimum atomic E-state index is 0.637. The molecule has 2 fully saturated rings. The Morgan fingerprint density at radius 3 is 2.52 bits per heavy atom. The van der Waals surface area contributed by atoms with Crippen LogP contribution in [0.15, 0.2) is 6.07 Å². The first-order chi connectivity index (χ1) is 11.2. The first-order valence-electron chi connectivity index (χ1n) is 8.41. The fourth-order valence-electron chi connectivity index (χ4n) is 2.94. The van der Waals surface area contributed by atoms with Gasteiger partial charge in [-0.3, -0.25) is 0 Å². The Bertz CT molecular complexity index is 688. The van der Waals surface area contributed by atoms with Crippen molar-refractivity contribution in [1.82, 2.24) is 19.3 Å². The summed E-state index contributed by atoms with van der Waals surface area (Å²) in [6, 6.07) is 2.12. The molecule has 2 aromatic heterocycles. The van der Waals surface area contributed by atoms with Crippen LogP contribution in [0.5, 0.6) is 0 Å². The molecule has 122 valence electrons. The molecule has 0 N–H and O–H groups in total. The van der Waals surface area contributed by atoms with Crippen molar-refractivity contribution < 1.29 is 0 Å². The number of hydrogen-bond acceptors (Lipinski definition) is 7. The zero-order chi connectivity index (χ0) is 15.8. The lowest BCUT2D eigenvalue weighted by molar-refractivity contribution is 0.642. The summed E-state index contributed by atoms with van der Waals surface area (Å²) in [5, 5.41) is 1.08. The highest BCUT2D eigenvalue weighted by Gasteiger charge is 2.29. The molecule has 0 unspecified atom stereocenters. The summed E-state index contributed by atoms with van der Waals surface area (Å²) in [7, 11) is 0. The predicted octanol–water partition coefficient (Wildman–Crippen LogP) is 2.40. The molecule has 2 aliphatic rings. The Balaban J connectivity index is 1.42. The van der Waals surface area contributed by atoms with Crippen LogP contribution in [0.4, 0.5) is 10.9 Å². The molecule has 0 spiro atoms. The minimum absolute atomic E-state index is 0.637. The van der Waals surface area contributed by atoms with E-state index in [4.69, 9.17) is 4.98 Å². The number of aromatic nitrogens is 4. The Labute approximate surface area is 140 Å². The zero-order valence-corrected chi connectivity index (χ0v) is 14.5. The normalized spacial score (nSPS) is 18.5. The summed E-state index contributed by atoms with van der Waals surface area (Å²) >= 11 is 1.55. The summed E-state index contributed by atoms with van der Waals surface area (Å²) in [5.41, 5.74) is 1.12. The molecule has 1 aliphatic heterocycles. The van der Waals surface area contributed by atoms with Crippen molar-refractivity contribution in [2.24, 2.45) is 0 Å². The number of piperazine rings is 1. The molecule has 3 heterocycles. The van der Waals surface area contributed by atoms with E-state index >= 15 is 0 Å². The lowest BCUT2D eigenvalue weighted by atomic mass is 10.2. The quantitative estimate of drug-likeness (QED) is 0.858. The molecule has 23 heavy (non-hydrogen) atoms. The molecule has 1 aliphatic carbocycles. The van der Waals surface area contributed by atoms with Gasteiger partial charge in [0.2, 0.25) is 5.13 Å². The van der Waals surface area contributed by atoms with E-state index in [0.29, 0.717) is 5.92 Å². The molecule has 2 aromatic rings. The van der Waals surface area contributed by atoms with Crippen LogP contribution in [0.1, 0.15) is 43.0 Å². The van der Waals surface area contributed by atoms with Gasteiger partial charge in [0, 0.05) is 55.4 Å². The lowest BCUT2D eigenvalue weighted by Gasteiger charge is -2.35. The van der Waals surface area contributed by atoms with E-state index in [1.54, 1.807) is 11.5 Å². The fourth-order valence-corrected chi connectivity index (χ4v) is 3.74. The highest BCUT2D eigenvalue weighted by Crippen LogP contribution is 2.39. The van der Waals surface area contributed by atoms with Crippen LogP contribution in [-0.2, 0) is 6.42 Å². The molecule has 7 heteroatoms. The third kappa shape index (κ3) is 3.15. The van der Waals surface area contributed by atoms with E-state index < -0.39 is 0 Å². The van der Waals surface area contributed by atoms with Gasteiger partial charge in [0.15, 0.2) is 0 Å². The highest BCUT2D eigenvalue weighted by molar-refractivity contribution is 7.09. The first-order valence-corrected chi connectivity index (χ1v) is 9.18. The predicted molar refractivity (Wildman–Crippen MR) is 92.5 cm³/mol. The molecule has 0 amide bonds. The van der Waals surface area contributed by atoms with E-state index in [1.807, 2.05) is 6.92 Å². The van der Waals surface area contributed by atoms with Crippen molar-refractivity contribution >= 4 is 22.5 Å². The highest BCUT2D eigenvalue weighted by atomic mass is 32.1. The van der Waals surface area contributed by atoms with Crippen molar-refractivity contribution in [3.63, 3.8) is 0 Å². The van der Waals surface area contributed by atoms with Gasteiger partial charge in [-0.25, -0.2) is 15.0 Å². The molecule has 1 saturated heterocycles. The smallest absolute Gasteiger partial charge is 0.205 e. The van der Waals surface area contributed by atoms with E-state index in [0.717, 1.165) is 60.9 Å². The second kappa shape index (κ2) is 6.03. The average Bonchev–Trinajstić information content (AvgIpc) is 3.31. The van der Waals surface area contributed by atoms with Gasteiger partial charge in [-0.05, 0) is 26.2 Å². The second-order valence-corrected chi connectivity index (χ2v) is 7.03. The van der Waals surface area contributed by atoms with Crippen molar-refractivity contribution in [3.8, 4) is 0 Å². The van der Waals surface area contributed by atoms with Gasteiger partial charge in [-0.15, -0.1) is 0 Å². The van der Waals surface area contributed by atoms with Gasteiger partial charge in [-0.1, -0.05) is 6.92 Å². The monoisotopic (exact) mass is 330 g/mol. The molecule has 1 saturated carbocycles. The SMILES string of the molecule is CCc1cc(N2CCN(c3nc(C4CC4)ns3)CC2)nc(C)n1. The third-order valence-electron chi connectivity index (χ3n) is 4.49. The molecule has 0 bridgehead atoms. The van der Waals surface area contributed by atoms with E-state index in [2.05, 4.69) is 37.1 Å². The van der Waals surface area contributed by atoms with Crippen LogP contribution in [-0.4, -0.2) is 45.5 Å². The van der Waals surface area contributed by atoms with Gasteiger partial charge in [0.05, 0.1) is 0 Å². The van der Waals surface area contributed by atoms with Gasteiger partial charge >= 0.3 is 0 Å². The second-order valence-electron chi connectivity index (χ2n) is 6.30. The summed E-state index contributed by atoms with van der Waals surface area (Å²) in [6.07, 6.45) is 3.47. The number of aryl methyl sites for hydroxylation is 2. The van der Waals surface area contributed by atoms with Crippen LogP contribution in [0.2, 0.25) is 0 Å². The van der Waals surface area contributed by atoms with Crippen LogP contribution in [0, 0.1) is 6.92 Å². The molecule has 0 radical (unpaired) electrons. The Kier molecular flexibility index (Phi) is 3.88. The summed E-state index contributed by atoms with van der Waals surface area (Å²) in [4.78, 5) is 18.5. The molecule has 4 rings (SSSR count). The molecular formula is C16H22N6S. The van der Waals surface area contributed by atoms with Gasteiger partial charge < -0.3 is 9.80 Å². The zero-order valence-electron chi connectivity index (χ0n) is 13.7. The third-order valence-corrected chi connectivity index (χ3v) is 5.28. The van der Waals surface area contributed by atoms with Crippen molar-refractivity contribution in [2.45, 2.75) is 39.0 Å². The van der Waals surface area contributed by atoms with Gasteiger partial charge in [0.1, 0.15) is 17.5 Å². The molecular weight excluding hydrogens is 308 g/mol. The number of rotatable bonds is 4. The minimum Gasteiger partial charge on any atom is -0.353 e. The van der Waals surface area contributed by atoms with E-state index in [1.165, 1.54) is 12.8 Å². The first kappa shape index (κ1) is 14.8. The standard InChI is InChI=1S/C16H22N6S/c1-3-13-10-14(18-11(2)17-13)21-6-8-22(9-7-21)16-19-15(20-23-16)12-4-5-12/h10,12H,3-9H2,1-2H3. The number of nitrogens with zero attached hydrogens (tertiary/aromatic N) is 6. The van der Waals surface area contributed by atoms with Crippen molar-refractivity contribution in [1.29, 1.82) is 0 Å².